The molecule has 0 aromatic heterocycles. The van der Waals surface area contributed by atoms with Crippen LogP contribution >= 0.6 is 0 Å². The van der Waals surface area contributed by atoms with Gasteiger partial charge >= 0.3 is 0 Å². The molecule has 1 aliphatic carbocycles. The van der Waals surface area contributed by atoms with E-state index in [1.807, 2.05) is 30.3 Å². The van der Waals surface area contributed by atoms with Crippen LogP contribution in [0.4, 0.5) is 0 Å². The molecule has 1 amide bonds. The first-order valence-electron chi connectivity index (χ1n) is 6.60. The smallest absolute Gasteiger partial charge is 0.241 e. The average Bonchev–Trinajstić information content (AvgIpc) is 2.42. The Morgan fingerprint density at radius 1 is 1.42 bits per heavy atom. The number of hydrogen-bond acceptors (Lipinski definition) is 3. The standard InChI is InChI=1S/C15H22N2O2/c1-15(2)11(9-12(15)19-3)17-14(18)13(16)10-7-5-4-6-8-10/h4-8,11-13H,9,16H2,1-3H3,(H,17,18)/t11?,12?,13-/m0/s1. The molecule has 19 heavy (non-hydrogen) atoms. The maximum atomic E-state index is 12.2. The Morgan fingerprint density at radius 3 is 2.58 bits per heavy atom. The number of benzene rings is 1. The zero-order valence-corrected chi connectivity index (χ0v) is 11.7. The van der Waals surface area contributed by atoms with Crippen molar-refractivity contribution in [1.82, 2.24) is 5.32 Å². The minimum Gasteiger partial charge on any atom is -0.381 e. The van der Waals surface area contributed by atoms with Crippen LogP contribution in [0.15, 0.2) is 30.3 Å². The van der Waals surface area contributed by atoms with E-state index in [1.165, 1.54) is 0 Å². The quantitative estimate of drug-likeness (QED) is 0.866. The van der Waals surface area contributed by atoms with Crippen LogP contribution in [0, 0.1) is 5.41 Å². The molecule has 3 N–H and O–H groups in total. The minimum absolute atomic E-state index is 0.0409. The van der Waals surface area contributed by atoms with Crippen molar-refractivity contribution in [3.63, 3.8) is 0 Å². The van der Waals surface area contributed by atoms with Crippen LogP contribution in [-0.4, -0.2) is 25.2 Å². The fraction of sp³-hybridized carbons (Fsp3) is 0.533. The second-order valence-corrected chi connectivity index (χ2v) is 5.73. The molecule has 2 rings (SSSR count). The van der Waals surface area contributed by atoms with Crippen LogP contribution in [0.1, 0.15) is 31.9 Å². The van der Waals surface area contributed by atoms with Crippen LogP contribution in [0.5, 0.6) is 0 Å². The predicted molar refractivity (Wildman–Crippen MR) is 74.5 cm³/mol. The summed E-state index contributed by atoms with van der Waals surface area (Å²) in [5.41, 5.74) is 6.77. The van der Waals surface area contributed by atoms with Gasteiger partial charge in [0.1, 0.15) is 6.04 Å². The molecule has 2 unspecified atom stereocenters. The Kier molecular flexibility index (Phi) is 3.92. The van der Waals surface area contributed by atoms with Crippen molar-refractivity contribution in [3.05, 3.63) is 35.9 Å². The van der Waals surface area contributed by atoms with Crippen LogP contribution in [0.25, 0.3) is 0 Å². The van der Waals surface area contributed by atoms with E-state index in [2.05, 4.69) is 19.2 Å². The number of carbonyl (C=O) groups excluding carboxylic acids is 1. The van der Waals surface area contributed by atoms with Crippen molar-refractivity contribution in [2.45, 2.75) is 38.5 Å². The monoisotopic (exact) mass is 262 g/mol. The van der Waals surface area contributed by atoms with Gasteiger partial charge in [0.15, 0.2) is 0 Å². The molecule has 0 saturated heterocycles. The topological polar surface area (TPSA) is 64.3 Å². The largest absolute Gasteiger partial charge is 0.381 e. The second-order valence-electron chi connectivity index (χ2n) is 5.73. The van der Waals surface area contributed by atoms with Crippen LogP contribution < -0.4 is 11.1 Å². The fourth-order valence-electron chi connectivity index (χ4n) is 2.60. The van der Waals surface area contributed by atoms with Crippen LogP contribution in [0.2, 0.25) is 0 Å². The highest BCUT2D eigenvalue weighted by Crippen LogP contribution is 2.42. The Balaban J connectivity index is 1.96. The van der Waals surface area contributed by atoms with Gasteiger partial charge in [-0.3, -0.25) is 4.79 Å². The van der Waals surface area contributed by atoms with Crippen molar-refractivity contribution < 1.29 is 9.53 Å². The maximum absolute atomic E-state index is 12.2. The van der Waals surface area contributed by atoms with Gasteiger partial charge in [-0.15, -0.1) is 0 Å². The molecular weight excluding hydrogens is 240 g/mol. The lowest BCUT2D eigenvalue weighted by atomic mass is 9.64. The van der Waals surface area contributed by atoms with Gasteiger partial charge in [0.25, 0.3) is 0 Å². The molecule has 1 fully saturated rings. The summed E-state index contributed by atoms with van der Waals surface area (Å²) >= 11 is 0. The van der Waals surface area contributed by atoms with Crippen LogP contribution in [0.3, 0.4) is 0 Å². The number of nitrogens with two attached hydrogens (primary N) is 1. The third kappa shape index (κ3) is 2.65. The molecule has 1 aromatic carbocycles. The number of ether oxygens (including phenoxy) is 1. The molecule has 104 valence electrons. The third-order valence-corrected chi connectivity index (χ3v) is 4.22. The van der Waals surface area contributed by atoms with E-state index in [1.54, 1.807) is 7.11 Å². The zero-order valence-electron chi connectivity index (χ0n) is 11.7. The lowest BCUT2D eigenvalue weighted by Gasteiger charge is -2.51. The molecule has 1 aromatic rings. The molecule has 3 atom stereocenters. The van der Waals surface area contributed by atoms with E-state index in [0.29, 0.717) is 0 Å². The number of hydrogen-bond donors (Lipinski definition) is 2. The zero-order chi connectivity index (χ0) is 14.0. The van der Waals surface area contributed by atoms with E-state index < -0.39 is 6.04 Å². The van der Waals surface area contributed by atoms with Gasteiger partial charge in [0.2, 0.25) is 5.91 Å². The average molecular weight is 262 g/mol. The maximum Gasteiger partial charge on any atom is 0.241 e. The third-order valence-electron chi connectivity index (χ3n) is 4.22. The summed E-state index contributed by atoms with van der Waals surface area (Å²) in [6.45, 7) is 4.20. The summed E-state index contributed by atoms with van der Waals surface area (Å²) in [6.07, 6.45) is 1.04. The van der Waals surface area contributed by atoms with Crippen LogP contribution in [-0.2, 0) is 9.53 Å². The highest BCUT2D eigenvalue weighted by Gasteiger charge is 2.49. The van der Waals surface area contributed by atoms with Crippen molar-refractivity contribution in [3.8, 4) is 0 Å². The highest BCUT2D eigenvalue weighted by atomic mass is 16.5. The molecule has 4 heteroatoms. The van der Waals surface area contributed by atoms with Gasteiger partial charge in [-0.2, -0.15) is 0 Å². The lowest BCUT2D eigenvalue weighted by molar-refractivity contribution is -0.133. The SMILES string of the molecule is COC1CC(NC(=O)[C@@H](N)c2ccccc2)C1(C)C. The fourth-order valence-corrected chi connectivity index (χ4v) is 2.60. The minimum atomic E-state index is -0.612. The van der Waals surface area contributed by atoms with Crippen molar-refractivity contribution >= 4 is 5.91 Å². The molecule has 0 spiro atoms. The number of carbonyl (C=O) groups is 1. The summed E-state index contributed by atoms with van der Waals surface area (Å²) in [5.74, 6) is -0.126. The molecule has 1 saturated carbocycles. The lowest BCUT2D eigenvalue weighted by Crippen LogP contribution is -2.62. The Hall–Kier alpha value is -1.39. The molecule has 1 aliphatic rings. The first-order chi connectivity index (χ1) is 8.96. The Labute approximate surface area is 114 Å². The number of rotatable bonds is 4. The van der Waals surface area contributed by atoms with E-state index in [-0.39, 0.29) is 23.5 Å². The summed E-state index contributed by atoms with van der Waals surface area (Å²) in [5, 5.41) is 3.03. The normalized spacial score (nSPS) is 26.3. The second kappa shape index (κ2) is 5.31. The van der Waals surface area contributed by atoms with Gasteiger partial charge < -0.3 is 15.8 Å². The summed E-state index contributed by atoms with van der Waals surface area (Å²) in [4.78, 5) is 12.2. The van der Waals surface area contributed by atoms with Crippen molar-refractivity contribution in [2.24, 2.45) is 11.1 Å². The molecule has 0 aliphatic heterocycles. The number of methoxy groups -OCH3 is 1. The number of amides is 1. The van der Waals surface area contributed by atoms with E-state index in [9.17, 15) is 4.79 Å². The molecule has 0 heterocycles. The summed E-state index contributed by atoms with van der Waals surface area (Å²) in [7, 11) is 1.71. The molecule has 0 radical (unpaired) electrons. The van der Waals surface area contributed by atoms with E-state index >= 15 is 0 Å². The summed E-state index contributed by atoms with van der Waals surface area (Å²) < 4.78 is 5.38. The van der Waals surface area contributed by atoms with Gasteiger partial charge in [-0.05, 0) is 12.0 Å². The van der Waals surface area contributed by atoms with Gasteiger partial charge in [-0.25, -0.2) is 0 Å². The van der Waals surface area contributed by atoms with Gasteiger partial charge in [0, 0.05) is 18.6 Å². The molecular formula is C15H22N2O2. The van der Waals surface area contributed by atoms with Gasteiger partial charge in [0.05, 0.1) is 6.10 Å². The first kappa shape index (κ1) is 14.0. The Morgan fingerprint density at radius 2 is 2.05 bits per heavy atom. The van der Waals surface area contributed by atoms with Crippen molar-refractivity contribution in [1.29, 1.82) is 0 Å². The summed E-state index contributed by atoms with van der Waals surface area (Å²) in [6, 6.07) is 8.93. The predicted octanol–water partition coefficient (Wildman–Crippen LogP) is 1.62. The highest BCUT2D eigenvalue weighted by molar-refractivity contribution is 5.83. The molecule has 4 nitrogen and oxygen atoms in total. The number of nitrogens with one attached hydrogen (secondary N) is 1. The van der Waals surface area contributed by atoms with Gasteiger partial charge in [-0.1, -0.05) is 44.2 Å². The van der Waals surface area contributed by atoms with Crippen molar-refractivity contribution in [2.75, 3.05) is 7.11 Å². The first-order valence-corrected chi connectivity index (χ1v) is 6.60. The van der Waals surface area contributed by atoms with E-state index in [4.69, 9.17) is 10.5 Å². The van der Waals surface area contributed by atoms with E-state index in [0.717, 1.165) is 12.0 Å². The Bertz CT molecular complexity index is 445. The molecule has 0 bridgehead atoms.